The average Bonchev–Trinajstić information content (AvgIpc) is 2.99. The van der Waals surface area contributed by atoms with Gasteiger partial charge in [-0.3, -0.25) is 4.90 Å². The number of nitrogens with zero attached hydrogens (tertiary/aromatic N) is 4. The Kier molecular flexibility index (Phi) is 9.39. The number of methoxy groups -OCH3 is 1. The SMILES string of the molecule is CCc1cc(N2CCN(C(=O)OC(C)(C)C)C(C(=O)OC)C2)cc2c1N=c1c(CC)cc(N3CCOCC3)cc1=S2I. The van der Waals surface area contributed by atoms with E-state index in [4.69, 9.17) is 19.2 Å². The van der Waals surface area contributed by atoms with Gasteiger partial charge in [0.1, 0.15) is 5.60 Å². The molecule has 42 heavy (non-hydrogen) atoms. The smallest absolute Gasteiger partial charge is 0.411 e. The number of hydrogen-bond donors (Lipinski definition) is 0. The van der Waals surface area contributed by atoms with Crippen molar-refractivity contribution in [3.8, 4) is 0 Å². The van der Waals surface area contributed by atoms with Crippen LogP contribution >= 0.6 is 28.9 Å². The minimum absolute atomic E-state index is 0.223. The molecule has 0 aliphatic carbocycles. The fraction of sp³-hybridized carbons (Fsp3) is 0.548. The van der Waals surface area contributed by atoms with E-state index in [0.717, 1.165) is 55.9 Å². The molecule has 2 aromatic rings. The van der Waals surface area contributed by atoms with Crippen molar-refractivity contribution in [2.75, 3.05) is 62.8 Å². The first-order chi connectivity index (χ1) is 20.0. The minimum Gasteiger partial charge on any atom is -0.467 e. The van der Waals surface area contributed by atoms with Crippen LogP contribution in [0.25, 0.3) is 0 Å². The molecule has 0 bridgehead atoms. The molecule has 5 rings (SSSR count). The number of hydrogen-bond acceptors (Lipinski definition) is 8. The van der Waals surface area contributed by atoms with Crippen LogP contribution in [0.4, 0.5) is 21.9 Å². The van der Waals surface area contributed by atoms with Crippen LogP contribution in [-0.4, -0.2) is 81.7 Å². The van der Waals surface area contributed by atoms with E-state index >= 15 is 0 Å². The molecular formula is C31H41IN4O5S. The molecule has 0 N–H and O–H groups in total. The van der Waals surface area contributed by atoms with Crippen molar-refractivity contribution in [1.29, 1.82) is 0 Å². The van der Waals surface area contributed by atoms with E-state index in [2.05, 4.69) is 69.1 Å². The third kappa shape index (κ3) is 6.28. The number of esters is 1. The Morgan fingerprint density at radius 2 is 1.67 bits per heavy atom. The van der Waals surface area contributed by atoms with Crippen LogP contribution in [0.2, 0.25) is 0 Å². The summed E-state index contributed by atoms with van der Waals surface area (Å²) >= 11 is 2.59. The predicted octanol–water partition coefficient (Wildman–Crippen LogP) is 5.44. The number of rotatable bonds is 5. The Hall–Kier alpha value is -2.38. The Morgan fingerprint density at radius 1 is 1.00 bits per heavy atom. The first-order valence-corrected chi connectivity index (χ1v) is 18.4. The first kappa shape index (κ1) is 31.1. The zero-order chi connectivity index (χ0) is 30.2. The zero-order valence-corrected chi connectivity index (χ0v) is 28.3. The van der Waals surface area contributed by atoms with Crippen molar-refractivity contribution in [3.63, 3.8) is 0 Å². The highest BCUT2D eigenvalue weighted by Crippen LogP contribution is 2.48. The second kappa shape index (κ2) is 12.7. The third-order valence-corrected chi connectivity index (χ3v) is 12.1. The molecular weight excluding hydrogens is 667 g/mol. The number of carbonyl (C=O) groups is 2. The second-order valence-corrected chi connectivity index (χ2v) is 15.8. The first-order valence-electron chi connectivity index (χ1n) is 14.7. The molecule has 3 heterocycles. The van der Waals surface area contributed by atoms with Gasteiger partial charge >= 0.3 is 12.1 Å². The Bertz CT molecular complexity index is 1500. The van der Waals surface area contributed by atoms with Crippen LogP contribution < -0.4 is 15.2 Å². The molecule has 1 amide bonds. The lowest BCUT2D eigenvalue weighted by molar-refractivity contribution is -0.147. The average molecular weight is 709 g/mol. The highest BCUT2D eigenvalue weighted by Gasteiger charge is 2.38. The van der Waals surface area contributed by atoms with E-state index in [0.29, 0.717) is 19.6 Å². The van der Waals surface area contributed by atoms with Crippen LogP contribution in [0.15, 0.2) is 34.2 Å². The van der Waals surface area contributed by atoms with Gasteiger partial charge in [0.2, 0.25) is 0 Å². The predicted molar refractivity (Wildman–Crippen MR) is 175 cm³/mol. The summed E-state index contributed by atoms with van der Waals surface area (Å²) in [5.41, 5.74) is 5.16. The molecule has 0 saturated carbocycles. The normalized spacial score (nSPS) is 20.4. The van der Waals surface area contributed by atoms with E-state index in [1.807, 2.05) is 20.8 Å². The quantitative estimate of drug-likeness (QED) is 0.233. The topological polar surface area (TPSA) is 83.9 Å². The standard InChI is InChI=1S/C31H41IN4O5S/c1-7-20-15-22(34-11-13-40-14-12-34)17-25-27(20)33-28-21(8-2)16-23(18-26(28)42(25)32)35-9-10-36(24(19-35)29(37)39-6)30(38)41-31(3,4)5/h15-18,24H,7-14,19H2,1-6H3. The highest BCUT2D eigenvalue weighted by atomic mass is 127. The molecule has 11 heteroatoms. The van der Waals surface area contributed by atoms with Gasteiger partial charge in [-0.1, -0.05) is 21.5 Å². The molecule has 0 spiro atoms. The maximum atomic E-state index is 13.0. The molecule has 0 radical (unpaired) electrons. The summed E-state index contributed by atoms with van der Waals surface area (Å²) in [6.07, 6.45) is 1.27. The molecule has 228 valence electrons. The monoisotopic (exact) mass is 708 g/mol. The van der Waals surface area contributed by atoms with Crippen molar-refractivity contribution in [2.45, 2.75) is 64.0 Å². The van der Waals surface area contributed by atoms with E-state index in [1.165, 1.54) is 38.2 Å². The number of fused-ring (bicyclic) bond motifs is 2. The number of morpholine rings is 1. The summed E-state index contributed by atoms with van der Waals surface area (Å²) in [5.74, 6) is -0.445. The molecule has 0 aromatic heterocycles. The van der Waals surface area contributed by atoms with Crippen molar-refractivity contribution < 1.29 is 23.8 Å². The summed E-state index contributed by atoms with van der Waals surface area (Å²) in [6, 6.07) is 8.32. The van der Waals surface area contributed by atoms with Gasteiger partial charge in [-0.2, -0.15) is 0 Å². The van der Waals surface area contributed by atoms with E-state index in [1.54, 1.807) is 0 Å². The molecule has 9 nitrogen and oxygen atoms in total. The molecule has 2 aromatic carbocycles. The number of carbonyl (C=O) groups excluding carboxylic acids is 2. The van der Waals surface area contributed by atoms with E-state index < -0.39 is 23.7 Å². The largest absolute Gasteiger partial charge is 0.467 e. The number of aryl methyl sites for hydroxylation is 2. The molecule has 2 unspecified atom stereocenters. The van der Waals surface area contributed by atoms with Crippen LogP contribution in [0.3, 0.4) is 0 Å². The number of amides is 1. The number of piperazine rings is 1. The van der Waals surface area contributed by atoms with Crippen molar-refractivity contribution in [1.82, 2.24) is 4.90 Å². The molecule has 3 aliphatic rings. The Labute approximate surface area is 262 Å². The lowest BCUT2D eigenvalue weighted by Gasteiger charge is -2.41. The summed E-state index contributed by atoms with van der Waals surface area (Å²) in [4.78, 5) is 38.5. The maximum absolute atomic E-state index is 13.0. The minimum atomic E-state index is -0.758. The van der Waals surface area contributed by atoms with Crippen LogP contribution in [-0.2, 0) is 31.8 Å². The fourth-order valence-electron chi connectivity index (χ4n) is 5.68. The number of benzene rings is 2. The van der Waals surface area contributed by atoms with Crippen molar-refractivity contribution in [3.05, 3.63) is 45.3 Å². The van der Waals surface area contributed by atoms with Gasteiger partial charge in [-0.15, -0.1) is 0 Å². The summed E-state index contributed by atoms with van der Waals surface area (Å²) in [6.45, 7) is 14.4. The third-order valence-electron chi connectivity index (χ3n) is 7.87. The van der Waals surface area contributed by atoms with E-state index in [9.17, 15) is 9.59 Å². The summed E-state index contributed by atoms with van der Waals surface area (Å²) in [5, 5.41) is 1.11. The number of ether oxygens (including phenoxy) is 3. The number of anilines is 2. The molecule has 2 saturated heterocycles. The number of halogens is 1. The summed E-state index contributed by atoms with van der Waals surface area (Å²) < 4.78 is 17.6. The highest BCUT2D eigenvalue weighted by molar-refractivity contribution is 14.2. The van der Waals surface area contributed by atoms with Gasteiger partial charge in [0.15, 0.2) is 6.04 Å². The van der Waals surface area contributed by atoms with Crippen LogP contribution in [0.5, 0.6) is 0 Å². The Balaban J connectivity index is 1.54. The molecule has 3 aliphatic heterocycles. The van der Waals surface area contributed by atoms with Crippen molar-refractivity contribution in [2.24, 2.45) is 4.99 Å². The van der Waals surface area contributed by atoms with Gasteiger partial charge < -0.3 is 24.0 Å². The fourth-order valence-corrected chi connectivity index (χ4v) is 9.07. The summed E-state index contributed by atoms with van der Waals surface area (Å²) in [7, 11) is 1.14. The van der Waals surface area contributed by atoms with E-state index in [-0.39, 0.29) is 7.66 Å². The van der Waals surface area contributed by atoms with Crippen LogP contribution in [0, 0.1) is 4.51 Å². The lowest BCUT2D eigenvalue weighted by atomic mass is 10.1. The molecule has 2 fully saturated rings. The maximum Gasteiger partial charge on any atom is 0.411 e. The van der Waals surface area contributed by atoms with Crippen molar-refractivity contribution >= 4 is 58.0 Å². The Morgan fingerprint density at radius 3 is 2.31 bits per heavy atom. The van der Waals surface area contributed by atoms with Gasteiger partial charge in [-0.05, 0) is 90.2 Å². The lowest BCUT2D eigenvalue weighted by Crippen LogP contribution is -2.59. The van der Waals surface area contributed by atoms with Crippen LogP contribution in [0.1, 0.15) is 45.7 Å². The van der Waals surface area contributed by atoms with Gasteiger partial charge in [0, 0.05) is 53.5 Å². The second-order valence-electron chi connectivity index (χ2n) is 11.7. The zero-order valence-electron chi connectivity index (χ0n) is 25.4. The van der Waals surface area contributed by atoms with Gasteiger partial charge in [0.05, 0.1) is 31.4 Å². The van der Waals surface area contributed by atoms with Gasteiger partial charge in [0.25, 0.3) is 0 Å². The molecule has 2 atom stereocenters. The van der Waals surface area contributed by atoms with Gasteiger partial charge in [-0.25, -0.2) is 14.6 Å².